The van der Waals surface area contributed by atoms with Crippen molar-refractivity contribution in [2.45, 2.75) is 38.3 Å². The fourth-order valence-electron chi connectivity index (χ4n) is 2.50. The second kappa shape index (κ2) is 3.66. The van der Waals surface area contributed by atoms with Gasteiger partial charge in [0.05, 0.1) is 0 Å². The summed E-state index contributed by atoms with van der Waals surface area (Å²) in [6, 6.07) is 8.93. The van der Waals surface area contributed by atoms with Crippen molar-refractivity contribution in [3.8, 4) is 0 Å². The van der Waals surface area contributed by atoms with Crippen LogP contribution in [0.5, 0.6) is 0 Å². The Morgan fingerprint density at radius 3 is 2.71 bits per heavy atom. The highest BCUT2D eigenvalue weighted by Gasteiger charge is 2.34. The van der Waals surface area contributed by atoms with E-state index in [-0.39, 0.29) is 0 Å². The van der Waals surface area contributed by atoms with Crippen molar-refractivity contribution < 1.29 is 0 Å². The molecule has 0 saturated heterocycles. The van der Waals surface area contributed by atoms with Crippen molar-refractivity contribution in [3.05, 3.63) is 35.4 Å². The first-order chi connectivity index (χ1) is 6.64. The van der Waals surface area contributed by atoms with E-state index in [0.29, 0.717) is 11.1 Å². The van der Waals surface area contributed by atoms with Crippen molar-refractivity contribution in [2.75, 3.05) is 0 Å². The lowest BCUT2D eigenvalue weighted by molar-refractivity contribution is 0.388. The SMILES string of the molecule is CC(C)C1(P)CCCc2ccccc21. The summed E-state index contributed by atoms with van der Waals surface area (Å²) < 4.78 is 0. The van der Waals surface area contributed by atoms with Gasteiger partial charge >= 0.3 is 0 Å². The lowest BCUT2D eigenvalue weighted by Crippen LogP contribution is -2.29. The van der Waals surface area contributed by atoms with Crippen molar-refractivity contribution >= 4 is 9.24 Å². The molecule has 1 aliphatic rings. The molecule has 2 atom stereocenters. The van der Waals surface area contributed by atoms with Gasteiger partial charge in [-0.15, -0.1) is 9.24 Å². The zero-order chi connectivity index (χ0) is 10.2. The van der Waals surface area contributed by atoms with Gasteiger partial charge in [-0.2, -0.15) is 0 Å². The third kappa shape index (κ3) is 1.50. The zero-order valence-corrected chi connectivity index (χ0v) is 10.2. The predicted molar refractivity (Wildman–Crippen MR) is 65.6 cm³/mol. The van der Waals surface area contributed by atoms with Crippen LogP contribution < -0.4 is 0 Å². The first kappa shape index (κ1) is 10.2. The summed E-state index contributed by atoms with van der Waals surface area (Å²) >= 11 is 0. The van der Waals surface area contributed by atoms with Crippen LogP contribution >= 0.6 is 9.24 Å². The van der Waals surface area contributed by atoms with Gasteiger partial charge in [-0.1, -0.05) is 38.1 Å². The van der Waals surface area contributed by atoms with E-state index in [1.165, 1.54) is 19.3 Å². The molecule has 0 heterocycles. The summed E-state index contributed by atoms with van der Waals surface area (Å²) in [6.07, 6.45) is 3.91. The monoisotopic (exact) mass is 206 g/mol. The van der Waals surface area contributed by atoms with Gasteiger partial charge in [0.25, 0.3) is 0 Å². The Labute approximate surface area is 89.3 Å². The van der Waals surface area contributed by atoms with E-state index in [4.69, 9.17) is 0 Å². The highest BCUT2D eigenvalue weighted by molar-refractivity contribution is 7.18. The Morgan fingerprint density at radius 2 is 2.00 bits per heavy atom. The third-order valence-corrected chi connectivity index (χ3v) is 4.85. The number of hydrogen-bond acceptors (Lipinski definition) is 0. The topological polar surface area (TPSA) is 0 Å². The minimum atomic E-state index is 0.328. The maximum absolute atomic E-state index is 3.11. The van der Waals surface area contributed by atoms with Crippen LogP contribution in [0, 0.1) is 5.92 Å². The Bertz CT molecular complexity index is 330. The highest BCUT2D eigenvalue weighted by Crippen LogP contribution is 2.47. The molecule has 0 nitrogen and oxygen atoms in total. The largest absolute Gasteiger partial charge is 0.126 e. The molecule has 0 spiro atoms. The van der Waals surface area contributed by atoms with Crippen LogP contribution in [0.2, 0.25) is 0 Å². The van der Waals surface area contributed by atoms with Gasteiger partial charge in [-0.25, -0.2) is 0 Å². The molecule has 0 amide bonds. The molecular weight excluding hydrogens is 187 g/mol. The summed E-state index contributed by atoms with van der Waals surface area (Å²) in [4.78, 5) is 0. The zero-order valence-electron chi connectivity index (χ0n) is 9.09. The van der Waals surface area contributed by atoms with Crippen LogP contribution in [0.25, 0.3) is 0 Å². The van der Waals surface area contributed by atoms with E-state index in [9.17, 15) is 0 Å². The fourth-order valence-corrected chi connectivity index (χ4v) is 2.98. The lowest BCUT2D eigenvalue weighted by atomic mass is 9.76. The molecule has 0 fully saturated rings. The van der Waals surface area contributed by atoms with Crippen LogP contribution in [0.1, 0.15) is 37.8 Å². The molecule has 0 bridgehead atoms. The van der Waals surface area contributed by atoms with Gasteiger partial charge in [0, 0.05) is 5.16 Å². The summed E-state index contributed by atoms with van der Waals surface area (Å²) in [6.45, 7) is 4.66. The second-order valence-electron chi connectivity index (χ2n) is 4.71. The molecule has 14 heavy (non-hydrogen) atoms. The Kier molecular flexibility index (Phi) is 2.66. The maximum Gasteiger partial charge on any atom is 0.0123 e. The van der Waals surface area contributed by atoms with E-state index in [2.05, 4.69) is 47.4 Å². The quantitative estimate of drug-likeness (QED) is 0.614. The van der Waals surface area contributed by atoms with E-state index in [0.717, 1.165) is 0 Å². The summed E-state index contributed by atoms with van der Waals surface area (Å²) in [7, 11) is 3.11. The molecule has 2 rings (SSSR count). The Hall–Kier alpha value is -0.350. The lowest BCUT2D eigenvalue weighted by Gasteiger charge is -2.39. The molecule has 2 unspecified atom stereocenters. The molecule has 1 heteroatoms. The van der Waals surface area contributed by atoms with Gasteiger partial charge in [0.15, 0.2) is 0 Å². The molecule has 1 aromatic rings. The van der Waals surface area contributed by atoms with Crippen LogP contribution in [0.15, 0.2) is 24.3 Å². The summed E-state index contributed by atoms with van der Waals surface area (Å²) in [5, 5.41) is 0.328. The second-order valence-corrected chi connectivity index (χ2v) is 5.74. The number of hydrogen-bond donors (Lipinski definition) is 0. The average molecular weight is 206 g/mol. The average Bonchev–Trinajstić information content (AvgIpc) is 2.18. The Morgan fingerprint density at radius 1 is 1.29 bits per heavy atom. The van der Waals surface area contributed by atoms with Gasteiger partial charge in [-0.05, 0) is 36.3 Å². The molecule has 1 aromatic carbocycles. The number of fused-ring (bicyclic) bond motifs is 1. The maximum atomic E-state index is 3.11. The molecule has 1 aliphatic carbocycles. The molecule has 0 saturated carbocycles. The van der Waals surface area contributed by atoms with Crippen LogP contribution in [0.3, 0.4) is 0 Å². The first-order valence-electron chi connectivity index (χ1n) is 5.52. The van der Waals surface area contributed by atoms with Crippen molar-refractivity contribution in [1.82, 2.24) is 0 Å². The minimum Gasteiger partial charge on any atom is -0.126 e. The van der Waals surface area contributed by atoms with Crippen LogP contribution in [0.4, 0.5) is 0 Å². The van der Waals surface area contributed by atoms with Gasteiger partial charge in [-0.3, -0.25) is 0 Å². The van der Waals surface area contributed by atoms with Gasteiger partial charge < -0.3 is 0 Å². The number of rotatable bonds is 1. The van der Waals surface area contributed by atoms with E-state index in [1.54, 1.807) is 11.1 Å². The minimum absolute atomic E-state index is 0.328. The molecule has 0 aromatic heterocycles. The highest BCUT2D eigenvalue weighted by atomic mass is 31.0. The summed E-state index contributed by atoms with van der Waals surface area (Å²) in [5.41, 5.74) is 3.12. The van der Waals surface area contributed by atoms with E-state index >= 15 is 0 Å². The molecule has 0 radical (unpaired) electrons. The molecule has 76 valence electrons. The van der Waals surface area contributed by atoms with Crippen LogP contribution in [-0.2, 0) is 11.6 Å². The molecular formula is C13H19P. The third-order valence-electron chi connectivity index (χ3n) is 3.59. The molecule has 0 aliphatic heterocycles. The van der Waals surface area contributed by atoms with Crippen molar-refractivity contribution in [1.29, 1.82) is 0 Å². The van der Waals surface area contributed by atoms with Gasteiger partial charge in [0.2, 0.25) is 0 Å². The van der Waals surface area contributed by atoms with E-state index in [1.807, 2.05) is 0 Å². The number of benzene rings is 1. The first-order valence-corrected chi connectivity index (χ1v) is 6.09. The van der Waals surface area contributed by atoms with Crippen molar-refractivity contribution in [2.24, 2.45) is 5.92 Å². The standard InChI is InChI=1S/C13H19P/c1-10(2)13(14)9-5-7-11-6-3-4-8-12(11)13/h3-4,6,8,10H,5,7,9,14H2,1-2H3. The van der Waals surface area contributed by atoms with Gasteiger partial charge in [0.1, 0.15) is 0 Å². The van der Waals surface area contributed by atoms with E-state index < -0.39 is 0 Å². The summed E-state index contributed by atoms with van der Waals surface area (Å²) in [5.74, 6) is 0.703. The number of aryl methyl sites for hydroxylation is 1. The normalized spacial score (nSPS) is 26.3. The Balaban J connectivity index is 2.50. The smallest absolute Gasteiger partial charge is 0.0123 e. The fraction of sp³-hybridized carbons (Fsp3) is 0.538. The van der Waals surface area contributed by atoms with Crippen LogP contribution in [-0.4, -0.2) is 0 Å². The molecule has 0 N–H and O–H groups in total. The predicted octanol–water partition coefficient (Wildman–Crippen LogP) is 3.75. The van der Waals surface area contributed by atoms with Crippen molar-refractivity contribution in [3.63, 3.8) is 0 Å².